The Kier molecular flexibility index (Phi) is 8.71. The van der Waals surface area contributed by atoms with Crippen LogP contribution in [0.25, 0.3) is 0 Å². The van der Waals surface area contributed by atoms with Gasteiger partial charge in [0.1, 0.15) is 17.3 Å². The second-order valence-corrected chi connectivity index (χ2v) is 10.6. The van der Waals surface area contributed by atoms with Gasteiger partial charge in [-0.3, -0.25) is 0 Å². The Labute approximate surface area is 239 Å². The smallest absolute Gasteiger partial charge is 0.362 e. The first kappa shape index (κ1) is 27.3. The minimum absolute atomic E-state index is 0.0620. The fraction of sp³-hybridized carbons (Fsp3) is 0.242. The topological polar surface area (TPSA) is 72.8 Å². The first-order valence-corrected chi connectivity index (χ1v) is 14.5. The molecule has 1 fully saturated rings. The molecule has 0 radical (unpaired) electrons. The molecule has 0 unspecified atom stereocenters. The number of esters is 1. The Hall–Kier alpha value is -4.23. The van der Waals surface area contributed by atoms with Crippen LogP contribution in [0.4, 0.5) is 5.13 Å². The molecule has 6 nitrogen and oxygen atoms in total. The number of rotatable bonds is 10. The van der Waals surface area contributed by atoms with Crippen LogP contribution in [0.3, 0.4) is 0 Å². The number of ether oxygens (including phenoxy) is 1. The Balaban J connectivity index is 1.54. The predicted molar refractivity (Wildman–Crippen MR) is 161 cm³/mol. The van der Waals surface area contributed by atoms with Crippen molar-refractivity contribution in [2.45, 2.75) is 44.2 Å². The Morgan fingerprint density at radius 3 is 1.98 bits per heavy atom. The Bertz CT molecular complexity index is 1350. The molecule has 1 aromatic heterocycles. The van der Waals surface area contributed by atoms with Crippen LogP contribution in [0.2, 0.25) is 0 Å². The zero-order chi connectivity index (χ0) is 27.8. The number of benzene rings is 3. The number of thiazole rings is 1. The van der Waals surface area contributed by atoms with Gasteiger partial charge in [-0.15, -0.1) is 11.3 Å². The standard InChI is InChI=1S/C33H33N3O3S/c1-3-38-31(37)30(36-39-28-21-19-24(2)20-22-28)29-23-40-32(34-29)35-33(25-13-7-4-8-14-25,26-15-9-5-10-16-26)27-17-11-6-12-18-27/h4-18,23,28H,2-3,19-22H2,1H3,(H,34,35)/b36-30+. The first-order chi connectivity index (χ1) is 19.6. The molecule has 1 N–H and O–H groups in total. The van der Waals surface area contributed by atoms with Crippen LogP contribution in [0.15, 0.2) is 114 Å². The van der Waals surface area contributed by atoms with Gasteiger partial charge in [0.2, 0.25) is 5.71 Å². The summed E-state index contributed by atoms with van der Waals surface area (Å²) in [4.78, 5) is 23.6. The molecule has 4 aromatic rings. The van der Waals surface area contributed by atoms with Gasteiger partial charge >= 0.3 is 5.97 Å². The predicted octanol–water partition coefficient (Wildman–Crippen LogP) is 7.33. The molecular formula is C33H33N3O3S. The summed E-state index contributed by atoms with van der Waals surface area (Å²) in [5.74, 6) is -0.556. The van der Waals surface area contributed by atoms with E-state index < -0.39 is 11.5 Å². The van der Waals surface area contributed by atoms with Crippen molar-refractivity contribution in [2.75, 3.05) is 11.9 Å². The van der Waals surface area contributed by atoms with Crippen molar-refractivity contribution < 1.29 is 14.4 Å². The van der Waals surface area contributed by atoms with Gasteiger partial charge < -0.3 is 14.9 Å². The molecule has 204 valence electrons. The molecular weight excluding hydrogens is 518 g/mol. The van der Waals surface area contributed by atoms with Crippen molar-refractivity contribution in [1.82, 2.24) is 4.98 Å². The Morgan fingerprint density at radius 2 is 1.48 bits per heavy atom. The van der Waals surface area contributed by atoms with E-state index in [2.05, 4.69) is 53.4 Å². The second kappa shape index (κ2) is 12.7. The summed E-state index contributed by atoms with van der Waals surface area (Å²) in [6.07, 6.45) is 3.40. The van der Waals surface area contributed by atoms with E-state index in [0.717, 1.165) is 42.4 Å². The quantitative estimate of drug-likeness (QED) is 0.0734. The zero-order valence-corrected chi connectivity index (χ0v) is 23.4. The van der Waals surface area contributed by atoms with Gasteiger partial charge in [0.25, 0.3) is 0 Å². The van der Waals surface area contributed by atoms with Gasteiger partial charge in [0.15, 0.2) is 5.13 Å². The Morgan fingerprint density at radius 1 is 0.950 bits per heavy atom. The molecule has 7 heteroatoms. The highest BCUT2D eigenvalue weighted by molar-refractivity contribution is 7.14. The number of aromatic nitrogens is 1. The minimum Gasteiger partial charge on any atom is -0.461 e. The molecule has 1 aliphatic carbocycles. The van der Waals surface area contributed by atoms with Gasteiger partial charge in [0.05, 0.1) is 6.61 Å². The highest BCUT2D eigenvalue weighted by Gasteiger charge is 2.37. The van der Waals surface area contributed by atoms with Gasteiger partial charge in [0, 0.05) is 5.38 Å². The maximum atomic E-state index is 12.9. The summed E-state index contributed by atoms with van der Waals surface area (Å²) in [6, 6.07) is 30.9. The molecule has 1 saturated carbocycles. The second-order valence-electron chi connectivity index (χ2n) is 9.73. The number of carbonyl (C=O) groups is 1. The minimum atomic E-state index is -0.735. The van der Waals surface area contributed by atoms with Gasteiger partial charge in [-0.05, 0) is 49.3 Å². The highest BCUT2D eigenvalue weighted by Crippen LogP contribution is 2.40. The molecule has 5 rings (SSSR count). The molecule has 0 bridgehead atoms. The summed E-state index contributed by atoms with van der Waals surface area (Å²) in [6.45, 7) is 6.06. The summed E-state index contributed by atoms with van der Waals surface area (Å²) in [7, 11) is 0. The van der Waals surface area contributed by atoms with E-state index >= 15 is 0 Å². The molecule has 0 spiro atoms. The lowest BCUT2D eigenvalue weighted by molar-refractivity contribution is -0.135. The average Bonchev–Trinajstić information content (AvgIpc) is 3.46. The maximum Gasteiger partial charge on any atom is 0.362 e. The van der Waals surface area contributed by atoms with Crippen molar-refractivity contribution >= 4 is 28.1 Å². The maximum absolute atomic E-state index is 12.9. The number of nitrogens with zero attached hydrogens (tertiary/aromatic N) is 2. The summed E-state index contributed by atoms with van der Waals surface area (Å²) in [5, 5.41) is 10.5. The molecule has 0 aliphatic heterocycles. The van der Waals surface area contributed by atoms with Gasteiger partial charge in [-0.25, -0.2) is 9.78 Å². The molecule has 0 atom stereocenters. The fourth-order valence-corrected chi connectivity index (χ4v) is 5.75. The molecule has 1 aliphatic rings. The van der Waals surface area contributed by atoms with E-state index in [1.54, 1.807) is 6.92 Å². The van der Waals surface area contributed by atoms with Crippen molar-refractivity contribution in [3.8, 4) is 0 Å². The van der Waals surface area contributed by atoms with E-state index in [0.29, 0.717) is 10.8 Å². The highest BCUT2D eigenvalue weighted by atomic mass is 32.1. The van der Waals surface area contributed by atoms with Gasteiger partial charge in [-0.2, -0.15) is 0 Å². The van der Waals surface area contributed by atoms with Crippen LogP contribution >= 0.6 is 11.3 Å². The van der Waals surface area contributed by atoms with Crippen LogP contribution in [-0.2, 0) is 19.9 Å². The van der Waals surface area contributed by atoms with Crippen LogP contribution in [0, 0.1) is 0 Å². The van der Waals surface area contributed by atoms with Crippen LogP contribution in [0.1, 0.15) is 55.0 Å². The largest absolute Gasteiger partial charge is 0.461 e. The van der Waals surface area contributed by atoms with E-state index in [9.17, 15) is 4.79 Å². The lowest BCUT2D eigenvalue weighted by Gasteiger charge is -2.36. The number of nitrogens with one attached hydrogen (secondary N) is 1. The molecule has 0 saturated heterocycles. The van der Waals surface area contributed by atoms with Crippen LogP contribution in [0.5, 0.6) is 0 Å². The van der Waals surface area contributed by atoms with Crippen LogP contribution < -0.4 is 5.32 Å². The summed E-state index contributed by atoms with van der Waals surface area (Å²) < 4.78 is 5.31. The lowest BCUT2D eigenvalue weighted by Crippen LogP contribution is -2.38. The van der Waals surface area contributed by atoms with Gasteiger partial charge in [-0.1, -0.05) is 108 Å². The molecule has 3 aromatic carbocycles. The van der Waals surface area contributed by atoms with E-state index in [1.165, 1.54) is 16.9 Å². The first-order valence-electron chi connectivity index (χ1n) is 13.6. The lowest BCUT2D eigenvalue weighted by atomic mass is 9.77. The van der Waals surface area contributed by atoms with E-state index in [4.69, 9.17) is 14.6 Å². The number of allylic oxidation sites excluding steroid dienone is 1. The zero-order valence-electron chi connectivity index (χ0n) is 22.6. The van der Waals surface area contributed by atoms with Crippen molar-refractivity contribution in [2.24, 2.45) is 5.16 Å². The van der Waals surface area contributed by atoms with E-state index in [1.807, 2.05) is 60.0 Å². The number of hydrogen-bond acceptors (Lipinski definition) is 7. The number of carbonyl (C=O) groups excluding carboxylic acids is 1. The third-order valence-corrected chi connectivity index (χ3v) is 7.82. The number of hydrogen-bond donors (Lipinski definition) is 1. The van der Waals surface area contributed by atoms with Crippen LogP contribution in [-0.4, -0.2) is 29.4 Å². The molecule has 0 amide bonds. The van der Waals surface area contributed by atoms with E-state index in [-0.39, 0.29) is 18.4 Å². The van der Waals surface area contributed by atoms with Crippen molar-refractivity contribution in [1.29, 1.82) is 0 Å². The third-order valence-electron chi connectivity index (χ3n) is 7.06. The molecule has 1 heterocycles. The number of anilines is 1. The summed E-state index contributed by atoms with van der Waals surface area (Å²) in [5.41, 5.74) is 4.15. The average molecular weight is 552 g/mol. The van der Waals surface area contributed by atoms with Crippen molar-refractivity contribution in [3.05, 3.63) is 131 Å². The van der Waals surface area contributed by atoms with Crippen molar-refractivity contribution in [3.63, 3.8) is 0 Å². The summed E-state index contributed by atoms with van der Waals surface area (Å²) >= 11 is 1.41. The SMILES string of the molecule is C=C1CCC(O/N=C(/C(=O)OCC)c2csc(NC(c3ccccc3)(c3ccccc3)c3ccccc3)n2)CC1. The number of oxime groups is 1. The third kappa shape index (κ3) is 6.00. The fourth-order valence-electron chi connectivity index (χ4n) is 5.00. The molecule has 40 heavy (non-hydrogen) atoms. The normalized spacial score (nSPS) is 14.5. The monoisotopic (exact) mass is 551 g/mol.